The molecule has 1 aliphatic rings. The molecular formula is C15H20O3. The second-order valence-corrected chi connectivity index (χ2v) is 4.94. The molecule has 1 saturated carbocycles. The number of methoxy groups -OCH3 is 1. The van der Waals surface area contributed by atoms with Gasteiger partial charge < -0.3 is 9.47 Å². The molecule has 1 aliphatic carbocycles. The fourth-order valence-corrected chi connectivity index (χ4v) is 2.41. The van der Waals surface area contributed by atoms with Gasteiger partial charge in [0.25, 0.3) is 0 Å². The monoisotopic (exact) mass is 248 g/mol. The van der Waals surface area contributed by atoms with Gasteiger partial charge in [-0.25, -0.2) is 4.79 Å². The Kier molecular flexibility index (Phi) is 4.24. The minimum absolute atomic E-state index is 0.0671. The number of hydrogen-bond acceptors (Lipinski definition) is 3. The molecule has 0 bridgehead atoms. The standard InChI is InChI=1S/C15H20O3/c1-11-6-3-4-9-14(11)18-15(16)12-7-5-8-13(10-12)17-2/h5,7-8,10-11,14H,3-4,6,9H2,1-2H3/t11-,14-/m0/s1. The lowest BCUT2D eigenvalue weighted by Gasteiger charge is -2.28. The van der Waals surface area contributed by atoms with Crippen LogP contribution in [0.15, 0.2) is 24.3 Å². The normalized spacial score (nSPS) is 23.4. The van der Waals surface area contributed by atoms with Gasteiger partial charge in [0.2, 0.25) is 0 Å². The van der Waals surface area contributed by atoms with Crippen LogP contribution >= 0.6 is 0 Å². The number of benzene rings is 1. The Labute approximate surface area is 108 Å². The summed E-state index contributed by atoms with van der Waals surface area (Å²) in [7, 11) is 1.59. The molecular weight excluding hydrogens is 228 g/mol. The maximum atomic E-state index is 12.0. The van der Waals surface area contributed by atoms with Crippen molar-refractivity contribution in [2.75, 3.05) is 7.11 Å². The molecule has 3 nitrogen and oxygen atoms in total. The number of hydrogen-bond donors (Lipinski definition) is 0. The summed E-state index contributed by atoms with van der Waals surface area (Å²) in [5.74, 6) is 0.905. The predicted molar refractivity (Wildman–Crippen MR) is 69.8 cm³/mol. The first-order valence-corrected chi connectivity index (χ1v) is 6.55. The Morgan fingerprint density at radius 1 is 1.28 bits per heavy atom. The van der Waals surface area contributed by atoms with Gasteiger partial charge in [-0.05, 0) is 43.4 Å². The van der Waals surface area contributed by atoms with Crippen molar-refractivity contribution >= 4 is 5.97 Å². The molecule has 1 fully saturated rings. The molecule has 0 aromatic heterocycles. The number of rotatable bonds is 3. The average Bonchev–Trinajstić information content (AvgIpc) is 2.41. The smallest absolute Gasteiger partial charge is 0.338 e. The Morgan fingerprint density at radius 3 is 2.78 bits per heavy atom. The maximum absolute atomic E-state index is 12.0. The lowest BCUT2D eigenvalue weighted by atomic mass is 9.88. The van der Waals surface area contributed by atoms with E-state index in [4.69, 9.17) is 9.47 Å². The van der Waals surface area contributed by atoms with Crippen molar-refractivity contribution in [1.29, 1.82) is 0 Å². The van der Waals surface area contributed by atoms with Crippen LogP contribution in [0.2, 0.25) is 0 Å². The summed E-state index contributed by atoms with van der Waals surface area (Å²) in [5, 5.41) is 0. The quantitative estimate of drug-likeness (QED) is 0.769. The van der Waals surface area contributed by atoms with E-state index in [0.29, 0.717) is 17.2 Å². The highest BCUT2D eigenvalue weighted by Gasteiger charge is 2.25. The third kappa shape index (κ3) is 3.03. The van der Waals surface area contributed by atoms with Crippen molar-refractivity contribution in [2.24, 2.45) is 5.92 Å². The van der Waals surface area contributed by atoms with Crippen LogP contribution in [0.1, 0.15) is 43.0 Å². The van der Waals surface area contributed by atoms with Crippen LogP contribution in [0.4, 0.5) is 0 Å². The number of carbonyl (C=O) groups is 1. The highest BCUT2D eigenvalue weighted by molar-refractivity contribution is 5.90. The molecule has 18 heavy (non-hydrogen) atoms. The Hall–Kier alpha value is -1.51. The summed E-state index contributed by atoms with van der Waals surface area (Å²) in [5.41, 5.74) is 0.562. The summed E-state index contributed by atoms with van der Waals surface area (Å²) in [6.45, 7) is 2.16. The maximum Gasteiger partial charge on any atom is 0.338 e. The van der Waals surface area contributed by atoms with E-state index >= 15 is 0 Å². The van der Waals surface area contributed by atoms with Crippen molar-refractivity contribution in [2.45, 2.75) is 38.7 Å². The zero-order valence-corrected chi connectivity index (χ0v) is 11.0. The number of esters is 1. The van der Waals surface area contributed by atoms with Gasteiger partial charge in [-0.15, -0.1) is 0 Å². The molecule has 0 amide bonds. The van der Waals surface area contributed by atoms with Gasteiger partial charge in [0, 0.05) is 0 Å². The fourth-order valence-electron chi connectivity index (χ4n) is 2.41. The predicted octanol–water partition coefficient (Wildman–Crippen LogP) is 3.43. The highest BCUT2D eigenvalue weighted by Crippen LogP contribution is 2.27. The number of carbonyl (C=O) groups excluding carboxylic acids is 1. The van der Waals surface area contributed by atoms with Gasteiger partial charge in [0.1, 0.15) is 11.9 Å². The van der Waals surface area contributed by atoms with E-state index < -0.39 is 0 Å². The lowest BCUT2D eigenvalue weighted by molar-refractivity contribution is 0.00478. The van der Waals surface area contributed by atoms with Gasteiger partial charge in [0.05, 0.1) is 12.7 Å². The van der Waals surface area contributed by atoms with E-state index in [1.807, 2.05) is 6.07 Å². The van der Waals surface area contributed by atoms with Crippen molar-refractivity contribution in [3.8, 4) is 5.75 Å². The molecule has 0 unspecified atom stereocenters. The third-order valence-electron chi connectivity index (χ3n) is 3.60. The lowest BCUT2D eigenvalue weighted by Crippen LogP contribution is -2.28. The highest BCUT2D eigenvalue weighted by atomic mass is 16.5. The largest absolute Gasteiger partial charge is 0.497 e. The van der Waals surface area contributed by atoms with Gasteiger partial charge in [-0.1, -0.05) is 19.4 Å². The Balaban J connectivity index is 2.02. The van der Waals surface area contributed by atoms with Gasteiger partial charge in [-0.3, -0.25) is 0 Å². The van der Waals surface area contributed by atoms with Crippen LogP contribution in [0.3, 0.4) is 0 Å². The minimum Gasteiger partial charge on any atom is -0.497 e. The first kappa shape index (κ1) is 12.9. The molecule has 1 aromatic carbocycles. The molecule has 0 N–H and O–H groups in total. The summed E-state index contributed by atoms with van der Waals surface area (Å²) in [6, 6.07) is 7.11. The topological polar surface area (TPSA) is 35.5 Å². The molecule has 2 atom stereocenters. The van der Waals surface area contributed by atoms with E-state index in [1.165, 1.54) is 6.42 Å². The van der Waals surface area contributed by atoms with E-state index in [9.17, 15) is 4.79 Å². The molecule has 1 aromatic rings. The van der Waals surface area contributed by atoms with E-state index in [2.05, 4.69) is 6.92 Å². The van der Waals surface area contributed by atoms with E-state index in [0.717, 1.165) is 19.3 Å². The van der Waals surface area contributed by atoms with Crippen LogP contribution in [0, 0.1) is 5.92 Å². The Morgan fingerprint density at radius 2 is 2.06 bits per heavy atom. The summed E-state index contributed by atoms with van der Waals surface area (Å²) >= 11 is 0. The molecule has 98 valence electrons. The second-order valence-electron chi connectivity index (χ2n) is 4.94. The van der Waals surface area contributed by atoms with Gasteiger partial charge in [-0.2, -0.15) is 0 Å². The zero-order chi connectivity index (χ0) is 13.0. The molecule has 3 heteroatoms. The molecule has 0 radical (unpaired) electrons. The van der Waals surface area contributed by atoms with Crippen molar-refractivity contribution < 1.29 is 14.3 Å². The van der Waals surface area contributed by atoms with Crippen molar-refractivity contribution in [3.63, 3.8) is 0 Å². The van der Waals surface area contributed by atoms with Crippen LogP contribution in [0.5, 0.6) is 5.75 Å². The van der Waals surface area contributed by atoms with Crippen LogP contribution < -0.4 is 4.74 Å². The van der Waals surface area contributed by atoms with Crippen LogP contribution in [0.25, 0.3) is 0 Å². The SMILES string of the molecule is COc1cccc(C(=O)O[C@H]2CCCC[C@@H]2C)c1. The number of ether oxygens (including phenoxy) is 2. The van der Waals surface area contributed by atoms with Crippen molar-refractivity contribution in [3.05, 3.63) is 29.8 Å². The fraction of sp³-hybridized carbons (Fsp3) is 0.533. The molecule has 0 spiro atoms. The molecule has 0 aliphatic heterocycles. The summed E-state index contributed by atoms with van der Waals surface area (Å²) < 4.78 is 10.7. The summed E-state index contributed by atoms with van der Waals surface area (Å²) in [4.78, 5) is 12.0. The zero-order valence-electron chi connectivity index (χ0n) is 11.0. The van der Waals surface area contributed by atoms with E-state index in [-0.39, 0.29) is 12.1 Å². The van der Waals surface area contributed by atoms with Gasteiger partial charge >= 0.3 is 5.97 Å². The van der Waals surface area contributed by atoms with E-state index in [1.54, 1.807) is 25.3 Å². The Bertz CT molecular complexity index is 414. The minimum atomic E-state index is -0.243. The van der Waals surface area contributed by atoms with Crippen LogP contribution in [-0.4, -0.2) is 19.2 Å². The molecule has 0 saturated heterocycles. The average molecular weight is 248 g/mol. The van der Waals surface area contributed by atoms with Crippen molar-refractivity contribution in [1.82, 2.24) is 0 Å². The molecule has 0 heterocycles. The molecule has 2 rings (SSSR count). The van der Waals surface area contributed by atoms with Gasteiger partial charge in [0.15, 0.2) is 0 Å². The first-order valence-electron chi connectivity index (χ1n) is 6.55. The summed E-state index contributed by atoms with van der Waals surface area (Å²) in [6.07, 6.45) is 4.60. The second kappa shape index (κ2) is 5.89. The third-order valence-corrected chi connectivity index (χ3v) is 3.60. The van der Waals surface area contributed by atoms with Crippen LogP contribution in [-0.2, 0) is 4.74 Å². The first-order chi connectivity index (χ1) is 8.70.